The van der Waals surface area contributed by atoms with Crippen molar-refractivity contribution in [2.75, 3.05) is 0 Å². The van der Waals surface area contributed by atoms with Gasteiger partial charge in [-0.05, 0) is 62.2 Å². The van der Waals surface area contributed by atoms with Crippen LogP contribution in [0.2, 0.25) is 0 Å². The van der Waals surface area contributed by atoms with Gasteiger partial charge in [-0.15, -0.1) is 0 Å². The molecule has 0 heterocycles. The molecule has 21 heavy (non-hydrogen) atoms. The van der Waals surface area contributed by atoms with Crippen LogP contribution in [0.5, 0.6) is 0 Å². The van der Waals surface area contributed by atoms with Crippen LogP contribution in [0, 0.1) is 28.1 Å². The third-order valence-corrected chi connectivity index (χ3v) is 7.33. The summed E-state index contributed by atoms with van der Waals surface area (Å²) < 4.78 is 0. The fraction of sp³-hybridized carbons (Fsp3) is 0.737. The van der Waals surface area contributed by atoms with Crippen LogP contribution in [0.3, 0.4) is 0 Å². The van der Waals surface area contributed by atoms with E-state index in [-0.39, 0.29) is 16.9 Å². The highest BCUT2D eigenvalue weighted by Gasteiger charge is 2.54. The Morgan fingerprint density at radius 2 is 1.76 bits per heavy atom. The van der Waals surface area contributed by atoms with Crippen LogP contribution < -0.4 is 0 Å². The van der Waals surface area contributed by atoms with Gasteiger partial charge in [0.05, 0.1) is 6.10 Å². The van der Waals surface area contributed by atoms with E-state index in [4.69, 9.17) is 5.41 Å². The van der Waals surface area contributed by atoms with Crippen molar-refractivity contribution in [2.24, 2.45) is 22.7 Å². The molecule has 2 N–H and O–H groups in total. The summed E-state index contributed by atoms with van der Waals surface area (Å²) in [5.41, 5.74) is 4.51. The summed E-state index contributed by atoms with van der Waals surface area (Å²) in [7, 11) is 0. The minimum Gasteiger partial charge on any atom is -0.393 e. The highest BCUT2D eigenvalue weighted by Crippen LogP contribution is 2.62. The molecule has 114 valence electrons. The summed E-state index contributed by atoms with van der Waals surface area (Å²) in [5.74, 6) is 1.26. The number of rotatable bonds is 0. The maximum atomic E-state index is 9.99. The Morgan fingerprint density at radius 3 is 2.57 bits per heavy atom. The highest BCUT2D eigenvalue weighted by molar-refractivity contribution is 5.90. The summed E-state index contributed by atoms with van der Waals surface area (Å²) in [6.45, 7) is 4.77. The number of nitrogens with one attached hydrogen (secondary N) is 1. The van der Waals surface area contributed by atoms with Crippen molar-refractivity contribution in [3.8, 4) is 0 Å². The zero-order valence-corrected chi connectivity index (χ0v) is 13.3. The molecule has 4 aliphatic rings. The SMILES string of the molecule is CC12CCC3C(=CC=C4CC(O)CCC43C)C1CCC2=N. The van der Waals surface area contributed by atoms with Crippen molar-refractivity contribution in [2.45, 2.75) is 64.9 Å². The second-order valence-corrected chi connectivity index (χ2v) is 8.25. The fourth-order valence-electron chi connectivity index (χ4n) is 5.80. The topological polar surface area (TPSA) is 44.1 Å². The van der Waals surface area contributed by atoms with Crippen LogP contribution in [0.1, 0.15) is 58.8 Å². The van der Waals surface area contributed by atoms with E-state index in [1.165, 1.54) is 24.8 Å². The zero-order chi connectivity index (χ0) is 14.8. The summed E-state index contributed by atoms with van der Waals surface area (Å²) in [4.78, 5) is 0. The molecule has 0 saturated heterocycles. The third kappa shape index (κ3) is 1.72. The molecule has 0 aromatic rings. The molecule has 4 aliphatic carbocycles. The molecular formula is C19H27NO. The van der Waals surface area contributed by atoms with Gasteiger partial charge in [-0.1, -0.05) is 37.1 Å². The molecule has 0 radical (unpaired) electrons. The first-order valence-corrected chi connectivity index (χ1v) is 8.62. The predicted molar refractivity (Wildman–Crippen MR) is 85.4 cm³/mol. The first-order valence-electron chi connectivity index (χ1n) is 8.62. The lowest BCUT2D eigenvalue weighted by atomic mass is 9.51. The van der Waals surface area contributed by atoms with Gasteiger partial charge in [0, 0.05) is 11.1 Å². The molecule has 0 aliphatic heterocycles. The Morgan fingerprint density at radius 1 is 1.05 bits per heavy atom. The molecule has 0 amide bonds. The average Bonchev–Trinajstić information content (AvgIpc) is 2.76. The number of aliphatic hydroxyl groups excluding tert-OH is 1. The van der Waals surface area contributed by atoms with Crippen molar-refractivity contribution in [3.05, 3.63) is 23.3 Å². The van der Waals surface area contributed by atoms with Gasteiger partial charge in [-0.25, -0.2) is 0 Å². The summed E-state index contributed by atoms with van der Waals surface area (Å²) in [6.07, 6.45) is 12.1. The largest absolute Gasteiger partial charge is 0.393 e. The molecule has 0 aromatic heterocycles. The van der Waals surface area contributed by atoms with Crippen LogP contribution in [-0.2, 0) is 0 Å². The van der Waals surface area contributed by atoms with E-state index in [1.807, 2.05) is 0 Å². The number of hydrogen-bond donors (Lipinski definition) is 2. The minimum atomic E-state index is -0.132. The van der Waals surface area contributed by atoms with Crippen molar-refractivity contribution in [1.82, 2.24) is 0 Å². The first kappa shape index (κ1) is 13.8. The van der Waals surface area contributed by atoms with Gasteiger partial charge < -0.3 is 10.5 Å². The second-order valence-electron chi connectivity index (χ2n) is 8.25. The molecule has 0 spiro atoms. The van der Waals surface area contributed by atoms with Gasteiger partial charge in [0.15, 0.2) is 0 Å². The van der Waals surface area contributed by atoms with E-state index in [9.17, 15) is 5.11 Å². The summed E-state index contributed by atoms with van der Waals surface area (Å²) >= 11 is 0. The van der Waals surface area contributed by atoms with Crippen LogP contribution >= 0.6 is 0 Å². The molecule has 3 fully saturated rings. The predicted octanol–water partition coefficient (Wildman–Crippen LogP) is 4.25. The van der Waals surface area contributed by atoms with E-state index in [0.717, 1.165) is 31.4 Å². The summed E-state index contributed by atoms with van der Waals surface area (Å²) in [5, 5.41) is 18.4. The maximum absolute atomic E-state index is 9.99. The molecule has 5 atom stereocenters. The number of allylic oxidation sites excluding steroid dienone is 3. The zero-order valence-electron chi connectivity index (χ0n) is 13.3. The van der Waals surface area contributed by atoms with Crippen molar-refractivity contribution in [1.29, 1.82) is 5.41 Å². The Labute approximate surface area is 127 Å². The highest BCUT2D eigenvalue weighted by atomic mass is 16.3. The van der Waals surface area contributed by atoms with Gasteiger partial charge in [0.25, 0.3) is 0 Å². The van der Waals surface area contributed by atoms with Gasteiger partial charge in [0.1, 0.15) is 0 Å². The monoisotopic (exact) mass is 285 g/mol. The molecule has 2 nitrogen and oxygen atoms in total. The molecule has 3 saturated carbocycles. The van der Waals surface area contributed by atoms with Crippen molar-refractivity contribution >= 4 is 5.71 Å². The van der Waals surface area contributed by atoms with Crippen LogP contribution in [0.25, 0.3) is 0 Å². The Kier molecular flexibility index (Phi) is 2.83. The first-order chi connectivity index (χ1) is 9.95. The molecule has 2 heteroatoms. The standard InChI is InChI=1S/C19H27NO/c1-18-9-7-13(21)11-12(18)3-4-14-15-5-6-17(20)19(15,2)10-8-16(14)18/h3-4,13,15-16,20-21H,5-11H2,1-2H3. The average molecular weight is 285 g/mol. The molecule has 0 bridgehead atoms. The van der Waals surface area contributed by atoms with Crippen LogP contribution in [0.15, 0.2) is 23.3 Å². The van der Waals surface area contributed by atoms with E-state index in [2.05, 4.69) is 26.0 Å². The number of hydrogen-bond acceptors (Lipinski definition) is 2. The normalized spacial score (nSPS) is 48.9. The molecule has 0 aromatic carbocycles. The number of fused-ring (bicyclic) bond motifs is 5. The van der Waals surface area contributed by atoms with Gasteiger partial charge >= 0.3 is 0 Å². The van der Waals surface area contributed by atoms with E-state index in [0.29, 0.717) is 11.8 Å². The van der Waals surface area contributed by atoms with Gasteiger partial charge in [-0.2, -0.15) is 0 Å². The van der Waals surface area contributed by atoms with Crippen LogP contribution in [-0.4, -0.2) is 16.9 Å². The smallest absolute Gasteiger partial charge is 0.0578 e. The Hall–Kier alpha value is -0.890. The Balaban J connectivity index is 1.75. The van der Waals surface area contributed by atoms with Crippen LogP contribution in [0.4, 0.5) is 0 Å². The van der Waals surface area contributed by atoms with E-state index >= 15 is 0 Å². The van der Waals surface area contributed by atoms with Gasteiger partial charge in [0.2, 0.25) is 0 Å². The van der Waals surface area contributed by atoms with E-state index < -0.39 is 0 Å². The van der Waals surface area contributed by atoms with E-state index in [1.54, 1.807) is 5.57 Å². The fourth-order valence-corrected chi connectivity index (χ4v) is 5.80. The quantitative estimate of drug-likeness (QED) is 0.686. The number of aliphatic hydroxyl groups is 1. The second kappa shape index (κ2) is 4.32. The van der Waals surface area contributed by atoms with Crippen molar-refractivity contribution < 1.29 is 5.11 Å². The lowest BCUT2D eigenvalue weighted by Crippen LogP contribution is -2.46. The van der Waals surface area contributed by atoms with Crippen molar-refractivity contribution in [3.63, 3.8) is 0 Å². The molecular weight excluding hydrogens is 258 g/mol. The minimum absolute atomic E-state index is 0.132. The Bertz CT molecular complexity index is 560. The third-order valence-electron chi connectivity index (χ3n) is 7.33. The maximum Gasteiger partial charge on any atom is 0.0578 e. The van der Waals surface area contributed by atoms with Gasteiger partial charge in [-0.3, -0.25) is 0 Å². The lowest BCUT2D eigenvalue weighted by molar-refractivity contribution is 0.0679. The molecule has 5 unspecified atom stereocenters. The summed E-state index contributed by atoms with van der Waals surface area (Å²) in [6, 6.07) is 0. The lowest BCUT2D eigenvalue weighted by Gasteiger charge is -2.53. The molecule has 4 rings (SSSR count).